The first-order valence-electron chi connectivity index (χ1n) is 8.85. The molecule has 1 N–H and O–H groups in total. The number of benzene rings is 1. The number of piperidine rings is 1. The molecule has 2 heterocycles. The number of aromatic nitrogens is 1. The Balaban J connectivity index is 1.78. The molecule has 0 spiro atoms. The normalized spacial score (nSPS) is 18.3. The molecule has 0 radical (unpaired) electrons. The van der Waals surface area contributed by atoms with E-state index in [0.29, 0.717) is 28.5 Å². The van der Waals surface area contributed by atoms with Crippen LogP contribution < -0.4 is 5.32 Å². The summed E-state index contributed by atoms with van der Waals surface area (Å²) in [5, 5.41) is 3.10. The van der Waals surface area contributed by atoms with Crippen LogP contribution in [0.25, 0.3) is 0 Å². The molecule has 8 heteroatoms. The maximum atomic E-state index is 12.9. The largest absolute Gasteiger partial charge is 0.321 e. The second kappa shape index (κ2) is 7.96. The van der Waals surface area contributed by atoms with Crippen molar-refractivity contribution in [1.82, 2.24) is 9.29 Å². The van der Waals surface area contributed by atoms with Crippen molar-refractivity contribution in [2.75, 3.05) is 11.9 Å². The number of rotatable bonds is 4. The summed E-state index contributed by atoms with van der Waals surface area (Å²) < 4.78 is 27.3. The van der Waals surface area contributed by atoms with Crippen LogP contribution in [0.1, 0.15) is 42.2 Å². The minimum Gasteiger partial charge on any atom is -0.321 e. The number of nitrogens with zero attached hydrogens (tertiary/aromatic N) is 2. The Morgan fingerprint density at radius 1 is 1.22 bits per heavy atom. The first kappa shape index (κ1) is 19.8. The molecule has 0 aliphatic carbocycles. The van der Waals surface area contributed by atoms with Crippen LogP contribution in [0.5, 0.6) is 0 Å². The molecule has 3 rings (SSSR count). The van der Waals surface area contributed by atoms with Crippen molar-refractivity contribution >= 4 is 33.2 Å². The fourth-order valence-corrected chi connectivity index (χ4v) is 5.04. The van der Waals surface area contributed by atoms with E-state index in [9.17, 15) is 13.2 Å². The molecule has 1 fully saturated rings. The van der Waals surface area contributed by atoms with Gasteiger partial charge in [-0.25, -0.2) is 8.42 Å². The molecule has 1 aromatic heterocycles. The summed E-state index contributed by atoms with van der Waals surface area (Å²) in [6, 6.07) is 7.58. The SMILES string of the molecule is Cc1nccc(NC(=O)c2ccc(S(=O)(=O)N3CCCCC3C)cc2)c1Cl. The van der Waals surface area contributed by atoms with Gasteiger partial charge in [0, 0.05) is 24.3 Å². The minimum atomic E-state index is -3.55. The van der Waals surface area contributed by atoms with E-state index in [1.807, 2.05) is 6.92 Å². The number of hydrogen-bond acceptors (Lipinski definition) is 4. The van der Waals surface area contributed by atoms with Gasteiger partial charge >= 0.3 is 0 Å². The topological polar surface area (TPSA) is 79.4 Å². The summed E-state index contributed by atoms with van der Waals surface area (Å²) in [6.07, 6.45) is 4.34. The highest BCUT2D eigenvalue weighted by Gasteiger charge is 2.30. The van der Waals surface area contributed by atoms with Crippen LogP contribution >= 0.6 is 11.6 Å². The van der Waals surface area contributed by atoms with Crippen LogP contribution in [0.15, 0.2) is 41.4 Å². The molecule has 1 atom stereocenters. The minimum absolute atomic E-state index is 0.0104. The van der Waals surface area contributed by atoms with Crippen LogP contribution in [-0.4, -0.2) is 36.2 Å². The molecule has 1 amide bonds. The lowest BCUT2D eigenvalue weighted by molar-refractivity contribution is 0.102. The van der Waals surface area contributed by atoms with E-state index >= 15 is 0 Å². The van der Waals surface area contributed by atoms with Crippen molar-refractivity contribution in [1.29, 1.82) is 0 Å². The van der Waals surface area contributed by atoms with Gasteiger partial charge in [-0.1, -0.05) is 18.0 Å². The number of anilines is 1. The highest BCUT2D eigenvalue weighted by Crippen LogP contribution is 2.26. The molecule has 0 saturated carbocycles. The first-order chi connectivity index (χ1) is 12.8. The number of carbonyl (C=O) groups is 1. The predicted molar refractivity (Wildman–Crippen MR) is 106 cm³/mol. The van der Waals surface area contributed by atoms with Crippen molar-refractivity contribution in [2.45, 2.75) is 44.0 Å². The van der Waals surface area contributed by atoms with Crippen molar-refractivity contribution in [2.24, 2.45) is 0 Å². The second-order valence-electron chi connectivity index (χ2n) is 6.70. The summed E-state index contributed by atoms with van der Waals surface area (Å²) in [7, 11) is -3.55. The molecular weight excluding hydrogens is 386 g/mol. The summed E-state index contributed by atoms with van der Waals surface area (Å²) in [4.78, 5) is 16.7. The predicted octanol–water partition coefficient (Wildman–Crippen LogP) is 3.86. The highest BCUT2D eigenvalue weighted by molar-refractivity contribution is 7.89. The van der Waals surface area contributed by atoms with Gasteiger partial charge in [0.2, 0.25) is 10.0 Å². The van der Waals surface area contributed by atoms with E-state index < -0.39 is 10.0 Å². The molecule has 6 nitrogen and oxygen atoms in total. The quantitative estimate of drug-likeness (QED) is 0.834. The van der Waals surface area contributed by atoms with E-state index in [4.69, 9.17) is 11.6 Å². The van der Waals surface area contributed by atoms with Gasteiger partial charge in [0.15, 0.2) is 0 Å². The van der Waals surface area contributed by atoms with Crippen molar-refractivity contribution in [3.8, 4) is 0 Å². The Bertz CT molecular complexity index is 945. The van der Waals surface area contributed by atoms with Gasteiger partial charge < -0.3 is 5.32 Å². The number of amides is 1. The number of halogens is 1. The standard InChI is InChI=1S/C19H22ClN3O3S/c1-13-5-3-4-12-23(13)27(25,26)16-8-6-15(7-9-16)19(24)22-17-10-11-21-14(2)18(17)20/h6-11,13H,3-5,12H2,1-2H3,(H,21,22,24). The number of pyridine rings is 1. The zero-order valence-electron chi connectivity index (χ0n) is 15.3. The van der Waals surface area contributed by atoms with Gasteiger partial charge in [-0.15, -0.1) is 0 Å². The van der Waals surface area contributed by atoms with Gasteiger partial charge in [-0.05, 0) is 57.0 Å². The van der Waals surface area contributed by atoms with Crippen LogP contribution in [0, 0.1) is 6.92 Å². The maximum Gasteiger partial charge on any atom is 0.255 e. The molecular formula is C19H22ClN3O3S. The van der Waals surface area contributed by atoms with Gasteiger partial charge in [0.1, 0.15) is 0 Å². The number of hydrogen-bond donors (Lipinski definition) is 1. The van der Waals surface area contributed by atoms with Gasteiger partial charge in [0.05, 0.1) is 21.3 Å². The van der Waals surface area contributed by atoms with E-state index in [0.717, 1.165) is 19.3 Å². The van der Waals surface area contributed by atoms with E-state index in [1.165, 1.54) is 24.3 Å². The fourth-order valence-electron chi connectivity index (χ4n) is 3.18. The third kappa shape index (κ3) is 4.15. The third-order valence-electron chi connectivity index (χ3n) is 4.78. The summed E-state index contributed by atoms with van der Waals surface area (Å²) in [6.45, 7) is 4.21. The Kier molecular flexibility index (Phi) is 5.83. The average molecular weight is 408 g/mol. The molecule has 0 bridgehead atoms. The number of nitrogens with one attached hydrogen (secondary N) is 1. The molecule has 1 unspecified atom stereocenters. The van der Waals surface area contributed by atoms with Crippen molar-refractivity contribution < 1.29 is 13.2 Å². The van der Waals surface area contributed by atoms with Crippen molar-refractivity contribution in [3.05, 3.63) is 52.8 Å². The number of sulfonamides is 1. The van der Waals surface area contributed by atoms with Gasteiger partial charge in [-0.3, -0.25) is 9.78 Å². The molecule has 1 aliphatic heterocycles. The molecule has 1 aromatic carbocycles. The van der Waals surface area contributed by atoms with Crippen molar-refractivity contribution in [3.63, 3.8) is 0 Å². The second-order valence-corrected chi connectivity index (χ2v) is 8.97. The van der Waals surface area contributed by atoms with E-state index in [-0.39, 0.29) is 16.8 Å². The Hall–Kier alpha value is -1.96. The van der Waals surface area contributed by atoms with Crippen LogP contribution in [0.2, 0.25) is 5.02 Å². The van der Waals surface area contributed by atoms with E-state index in [1.54, 1.807) is 23.5 Å². The summed E-state index contributed by atoms with van der Waals surface area (Å²) in [5.41, 5.74) is 1.44. The lowest BCUT2D eigenvalue weighted by atomic mass is 10.1. The van der Waals surface area contributed by atoms with E-state index in [2.05, 4.69) is 10.3 Å². The average Bonchev–Trinajstić information content (AvgIpc) is 2.65. The zero-order valence-corrected chi connectivity index (χ0v) is 16.8. The van der Waals surface area contributed by atoms with Gasteiger partial charge in [0.25, 0.3) is 5.91 Å². The number of carbonyl (C=O) groups excluding carboxylic acids is 1. The highest BCUT2D eigenvalue weighted by atomic mass is 35.5. The fraction of sp³-hybridized carbons (Fsp3) is 0.368. The first-order valence-corrected chi connectivity index (χ1v) is 10.7. The Morgan fingerprint density at radius 2 is 1.93 bits per heavy atom. The molecule has 2 aromatic rings. The number of aryl methyl sites for hydroxylation is 1. The van der Waals surface area contributed by atoms with Crippen LogP contribution in [0.4, 0.5) is 5.69 Å². The van der Waals surface area contributed by atoms with Crippen LogP contribution in [-0.2, 0) is 10.0 Å². The van der Waals surface area contributed by atoms with Crippen LogP contribution in [0.3, 0.4) is 0 Å². The Labute approximate surface area is 164 Å². The summed E-state index contributed by atoms with van der Waals surface area (Å²) >= 11 is 6.15. The Morgan fingerprint density at radius 3 is 2.59 bits per heavy atom. The third-order valence-corrected chi connectivity index (χ3v) is 7.28. The monoisotopic (exact) mass is 407 g/mol. The summed E-state index contributed by atoms with van der Waals surface area (Å²) in [5.74, 6) is -0.363. The molecule has 1 saturated heterocycles. The smallest absolute Gasteiger partial charge is 0.255 e. The zero-order chi connectivity index (χ0) is 19.6. The lowest BCUT2D eigenvalue weighted by Crippen LogP contribution is -2.41. The molecule has 1 aliphatic rings. The lowest BCUT2D eigenvalue weighted by Gasteiger charge is -2.32. The molecule has 144 valence electrons. The van der Waals surface area contributed by atoms with Gasteiger partial charge in [-0.2, -0.15) is 4.31 Å². The molecule has 27 heavy (non-hydrogen) atoms. The maximum absolute atomic E-state index is 12.9.